The fraction of sp³-hybridized carbons (Fsp3) is 0.143. The van der Waals surface area contributed by atoms with Gasteiger partial charge in [0.2, 0.25) is 0 Å². The third-order valence-corrected chi connectivity index (χ3v) is 2.97. The van der Waals surface area contributed by atoms with E-state index in [-0.39, 0.29) is 11.9 Å². The van der Waals surface area contributed by atoms with E-state index in [1.54, 1.807) is 24.4 Å². The van der Waals surface area contributed by atoms with Gasteiger partial charge in [0.05, 0.1) is 17.3 Å². The average Bonchev–Trinajstić information content (AvgIpc) is 2.39. The van der Waals surface area contributed by atoms with Gasteiger partial charge in [-0.1, -0.05) is 17.7 Å². The molecule has 0 spiro atoms. The Balaban J connectivity index is 2.13. The Bertz CT molecular complexity index is 586. The molecule has 0 aliphatic rings. The number of halogens is 1. The van der Waals surface area contributed by atoms with E-state index in [1.165, 1.54) is 0 Å². The van der Waals surface area contributed by atoms with Crippen LogP contribution in [-0.2, 0) is 0 Å². The second kappa shape index (κ2) is 5.71. The van der Waals surface area contributed by atoms with Crippen molar-refractivity contribution in [3.63, 3.8) is 0 Å². The maximum atomic E-state index is 12.1. The number of pyridine rings is 1. The molecule has 0 fully saturated rings. The first kappa shape index (κ1) is 13.4. The Morgan fingerprint density at radius 3 is 2.79 bits per heavy atom. The fourth-order valence-corrected chi connectivity index (χ4v) is 1.90. The number of carbonyl (C=O) groups is 1. The van der Waals surface area contributed by atoms with Crippen LogP contribution < -0.4 is 11.1 Å². The summed E-state index contributed by atoms with van der Waals surface area (Å²) in [5.74, 6) is -0.243. The minimum absolute atomic E-state index is 0.191. The van der Waals surface area contributed by atoms with Crippen LogP contribution in [0, 0.1) is 0 Å². The van der Waals surface area contributed by atoms with E-state index in [4.69, 9.17) is 17.3 Å². The summed E-state index contributed by atoms with van der Waals surface area (Å²) in [5.41, 5.74) is 7.34. The first-order valence-electron chi connectivity index (χ1n) is 5.84. The largest absolute Gasteiger partial charge is 0.398 e. The van der Waals surface area contributed by atoms with E-state index in [1.807, 2.05) is 25.1 Å². The van der Waals surface area contributed by atoms with Crippen molar-refractivity contribution in [1.82, 2.24) is 10.3 Å². The molecule has 0 radical (unpaired) electrons. The Morgan fingerprint density at radius 2 is 2.16 bits per heavy atom. The molecular formula is C14H14ClN3O. The predicted octanol–water partition coefficient (Wildman–Crippen LogP) is 2.81. The van der Waals surface area contributed by atoms with Gasteiger partial charge < -0.3 is 11.1 Å². The van der Waals surface area contributed by atoms with Crippen molar-refractivity contribution < 1.29 is 4.79 Å². The zero-order valence-corrected chi connectivity index (χ0v) is 11.2. The average molecular weight is 276 g/mol. The van der Waals surface area contributed by atoms with E-state index in [2.05, 4.69) is 10.3 Å². The quantitative estimate of drug-likeness (QED) is 0.847. The second-order valence-electron chi connectivity index (χ2n) is 4.18. The van der Waals surface area contributed by atoms with Gasteiger partial charge in [-0.05, 0) is 37.3 Å². The molecule has 1 aromatic carbocycles. The predicted molar refractivity (Wildman–Crippen MR) is 76.0 cm³/mol. The zero-order valence-electron chi connectivity index (χ0n) is 10.4. The third-order valence-electron chi connectivity index (χ3n) is 2.74. The van der Waals surface area contributed by atoms with Crippen molar-refractivity contribution in [1.29, 1.82) is 0 Å². The number of nitrogen functional groups attached to an aromatic ring is 1. The minimum atomic E-state index is -0.243. The number of benzene rings is 1. The van der Waals surface area contributed by atoms with Crippen molar-refractivity contribution >= 4 is 23.2 Å². The molecule has 1 aromatic heterocycles. The molecule has 2 rings (SSSR count). The monoisotopic (exact) mass is 275 g/mol. The summed E-state index contributed by atoms with van der Waals surface area (Å²) in [6.45, 7) is 1.87. The van der Waals surface area contributed by atoms with Gasteiger partial charge in [0.15, 0.2) is 0 Å². The first-order chi connectivity index (χ1) is 9.08. The Hall–Kier alpha value is -2.07. The van der Waals surface area contributed by atoms with Crippen LogP contribution in [-0.4, -0.2) is 10.9 Å². The number of anilines is 1. The molecule has 98 valence electrons. The summed E-state index contributed by atoms with van der Waals surface area (Å²) < 4.78 is 0. The lowest BCUT2D eigenvalue weighted by atomic mass is 10.1. The molecule has 0 unspecified atom stereocenters. The summed E-state index contributed by atoms with van der Waals surface area (Å²) in [6, 6.07) is 10.2. The van der Waals surface area contributed by atoms with Gasteiger partial charge in [0.25, 0.3) is 5.91 Å². The van der Waals surface area contributed by atoms with Crippen molar-refractivity contribution in [3.05, 3.63) is 58.9 Å². The normalized spacial score (nSPS) is 11.9. The van der Waals surface area contributed by atoms with Crippen LogP contribution in [0.2, 0.25) is 5.02 Å². The highest BCUT2D eigenvalue weighted by Crippen LogP contribution is 2.19. The topological polar surface area (TPSA) is 68.0 Å². The lowest BCUT2D eigenvalue weighted by molar-refractivity contribution is 0.0940. The molecule has 0 aliphatic carbocycles. The number of amides is 1. The van der Waals surface area contributed by atoms with Gasteiger partial charge >= 0.3 is 0 Å². The summed E-state index contributed by atoms with van der Waals surface area (Å²) >= 11 is 5.80. The van der Waals surface area contributed by atoms with Crippen LogP contribution in [0.25, 0.3) is 0 Å². The molecule has 1 atom stereocenters. The Labute approximate surface area is 116 Å². The van der Waals surface area contributed by atoms with Gasteiger partial charge in [-0.25, -0.2) is 0 Å². The van der Waals surface area contributed by atoms with E-state index in [9.17, 15) is 4.79 Å². The van der Waals surface area contributed by atoms with Crippen LogP contribution in [0.15, 0.2) is 42.6 Å². The third kappa shape index (κ3) is 3.23. The number of nitrogens with one attached hydrogen (secondary N) is 1. The van der Waals surface area contributed by atoms with Crippen LogP contribution in [0.3, 0.4) is 0 Å². The Kier molecular flexibility index (Phi) is 4.02. The molecule has 0 saturated carbocycles. The fourth-order valence-electron chi connectivity index (χ4n) is 1.72. The molecule has 0 bridgehead atoms. The number of carbonyl (C=O) groups excluding carboxylic acids is 1. The first-order valence-corrected chi connectivity index (χ1v) is 6.22. The SMILES string of the molecule is C[C@@H](NC(=O)c1ccc(Cl)cc1N)c1ccccn1. The highest BCUT2D eigenvalue weighted by atomic mass is 35.5. The number of aromatic nitrogens is 1. The molecule has 1 amide bonds. The van der Waals surface area contributed by atoms with Gasteiger partial charge in [-0.3, -0.25) is 9.78 Å². The number of rotatable bonds is 3. The highest BCUT2D eigenvalue weighted by molar-refractivity contribution is 6.31. The van der Waals surface area contributed by atoms with Crippen LogP contribution >= 0.6 is 11.6 Å². The molecule has 4 nitrogen and oxygen atoms in total. The van der Waals surface area contributed by atoms with Crippen molar-refractivity contribution in [2.75, 3.05) is 5.73 Å². The molecule has 5 heteroatoms. The van der Waals surface area contributed by atoms with Gasteiger partial charge in [0, 0.05) is 16.9 Å². The standard InChI is InChI=1S/C14H14ClN3O/c1-9(13-4-2-3-7-17-13)18-14(19)11-6-5-10(15)8-12(11)16/h2-9H,16H2,1H3,(H,18,19)/t9-/m1/s1. The van der Waals surface area contributed by atoms with E-state index < -0.39 is 0 Å². The molecule has 3 N–H and O–H groups in total. The number of nitrogens with zero attached hydrogens (tertiary/aromatic N) is 1. The van der Waals surface area contributed by atoms with Gasteiger partial charge in [-0.15, -0.1) is 0 Å². The zero-order chi connectivity index (χ0) is 13.8. The lowest BCUT2D eigenvalue weighted by Crippen LogP contribution is -2.27. The summed E-state index contributed by atoms with van der Waals surface area (Å²) in [6.07, 6.45) is 1.69. The number of nitrogens with two attached hydrogens (primary N) is 1. The minimum Gasteiger partial charge on any atom is -0.398 e. The molecular weight excluding hydrogens is 262 g/mol. The van der Waals surface area contributed by atoms with Gasteiger partial charge in [0.1, 0.15) is 0 Å². The molecule has 0 aliphatic heterocycles. The van der Waals surface area contributed by atoms with E-state index in [0.717, 1.165) is 5.69 Å². The molecule has 1 heterocycles. The smallest absolute Gasteiger partial charge is 0.253 e. The number of hydrogen-bond acceptors (Lipinski definition) is 3. The summed E-state index contributed by atoms with van der Waals surface area (Å²) in [5, 5.41) is 3.35. The van der Waals surface area contributed by atoms with Crippen LogP contribution in [0.1, 0.15) is 29.0 Å². The van der Waals surface area contributed by atoms with Crippen LogP contribution in [0.4, 0.5) is 5.69 Å². The van der Waals surface area contributed by atoms with E-state index >= 15 is 0 Å². The van der Waals surface area contributed by atoms with Crippen molar-refractivity contribution in [2.24, 2.45) is 0 Å². The van der Waals surface area contributed by atoms with Gasteiger partial charge in [-0.2, -0.15) is 0 Å². The molecule has 2 aromatic rings. The molecule has 0 saturated heterocycles. The molecule has 19 heavy (non-hydrogen) atoms. The van der Waals surface area contributed by atoms with Crippen molar-refractivity contribution in [3.8, 4) is 0 Å². The second-order valence-corrected chi connectivity index (χ2v) is 4.62. The van der Waals surface area contributed by atoms with Crippen molar-refractivity contribution in [2.45, 2.75) is 13.0 Å². The summed E-state index contributed by atoms with van der Waals surface area (Å²) in [7, 11) is 0. The van der Waals surface area contributed by atoms with E-state index in [0.29, 0.717) is 16.3 Å². The lowest BCUT2D eigenvalue weighted by Gasteiger charge is -2.14. The summed E-state index contributed by atoms with van der Waals surface area (Å²) in [4.78, 5) is 16.3. The maximum absolute atomic E-state index is 12.1. The highest BCUT2D eigenvalue weighted by Gasteiger charge is 2.14. The van der Waals surface area contributed by atoms with Crippen LogP contribution in [0.5, 0.6) is 0 Å². The number of hydrogen-bond donors (Lipinski definition) is 2. The Morgan fingerprint density at radius 1 is 1.37 bits per heavy atom. The maximum Gasteiger partial charge on any atom is 0.253 e.